The Morgan fingerprint density at radius 3 is 2.61 bits per heavy atom. The van der Waals surface area contributed by atoms with Crippen molar-refractivity contribution in [1.82, 2.24) is 4.90 Å². The molecule has 0 heterocycles. The van der Waals surface area contributed by atoms with Gasteiger partial charge in [0.2, 0.25) is 0 Å². The second-order valence-corrected chi connectivity index (χ2v) is 5.63. The lowest BCUT2D eigenvalue weighted by Gasteiger charge is -2.22. The van der Waals surface area contributed by atoms with Gasteiger partial charge in [0.05, 0.1) is 0 Å². The Bertz CT molecular complexity index is 475. The number of carbonyl (C=O) groups is 1. The van der Waals surface area contributed by atoms with Gasteiger partial charge in [0, 0.05) is 18.2 Å². The molecule has 96 valence electrons. The van der Waals surface area contributed by atoms with Crippen LogP contribution in [0.25, 0.3) is 0 Å². The number of hydrogen-bond donors (Lipinski definition) is 1. The van der Waals surface area contributed by atoms with E-state index in [1.807, 2.05) is 11.8 Å². The topological polar surface area (TPSA) is 40.5 Å². The van der Waals surface area contributed by atoms with Crippen LogP contribution in [-0.2, 0) is 0 Å². The molecular formula is C15H19NO2. The Morgan fingerprint density at radius 1 is 1.33 bits per heavy atom. The number of aryl methyl sites for hydroxylation is 1. The van der Waals surface area contributed by atoms with Crippen molar-refractivity contribution in [1.29, 1.82) is 0 Å². The van der Waals surface area contributed by atoms with Crippen LogP contribution in [0, 0.1) is 12.8 Å². The normalized spacial score (nSPS) is 18.7. The van der Waals surface area contributed by atoms with E-state index >= 15 is 0 Å². The van der Waals surface area contributed by atoms with Gasteiger partial charge in [-0.2, -0.15) is 0 Å². The van der Waals surface area contributed by atoms with Crippen molar-refractivity contribution in [2.75, 3.05) is 6.54 Å². The Hall–Kier alpha value is -1.51. The van der Waals surface area contributed by atoms with Gasteiger partial charge in [0.15, 0.2) is 0 Å². The summed E-state index contributed by atoms with van der Waals surface area (Å²) in [5.41, 5.74) is 1.47. The number of rotatable bonds is 4. The zero-order valence-electron chi connectivity index (χ0n) is 10.7. The number of amides is 1. The van der Waals surface area contributed by atoms with E-state index in [9.17, 15) is 9.90 Å². The Balaban J connectivity index is 1.79. The van der Waals surface area contributed by atoms with Gasteiger partial charge in [-0.25, -0.2) is 0 Å². The summed E-state index contributed by atoms with van der Waals surface area (Å²) in [4.78, 5) is 14.5. The average molecular weight is 245 g/mol. The molecule has 1 aromatic carbocycles. The van der Waals surface area contributed by atoms with Crippen molar-refractivity contribution in [3.05, 3.63) is 29.3 Å². The molecule has 0 saturated heterocycles. The second kappa shape index (κ2) is 4.30. The molecule has 3 rings (SSSR count). The van der Waals surface area contributed by atoms with Crippen LogP contribution in [0.4, 0.5) is 0 Å². The molecule has 18 heavy (non-hydrogen) atoms. The van der Waals surface area contributed by atoms with E-state index in [0.717, 1.165) is 30.9 Å². The Kier molecular flexibility index (Phi) is 2.77. The summed E-state index contributed by atoms with van der Waals surface area (Å²) < 4.78 is 0. The molecule has 2 saturated carbocycles. The average Bonchev–Trinajstić information content (AvgIpc) is 3.22. The molecule has 2 aliphatic rings. The highest BCUT2D eigenvalue weighted by Gasteiger charge is 2.36. The maximum Gasteiger partial charge on any atom is 0.254 e. The van der Waals surface area contributed by atoms with Gasteiger partial charge >= 0.3 is 0 Å². The minimum absolute atomic E-state index is 0.132. The zero-order chi connectivity index (χ0) is 12.7. The van der Waals surface area contributed by atoms with E-state index in [1.165, 1.54) is 12.8 Å². The highest BCUT2D eigenvalue weighted by atomic mass is 16.3. The monoisotopic (exact) mass is 245 g/mol. The van der Waals surface area contributed by atoms with Crippen molar-refractivity contribution in [2.45, 2.75) is 38.6 Å². The van der Waals surface area contributed by atoms with Crippen LogP contribution in [0.2, 0.25) is 0 Å². The maximum absolute atomic E-state index is 12.5. The lowest BCUT2D eigenvalue weighted by atomic mass is 10.1. The van der Waals surface area contributed by atoms with Crippen LogP contribution in [0.15, 0.2) is 18.2 Å². The summed E-state index contributed by atoms with van der Waals surface area (Å²) in [6.07, 6.45) is 4.83. The molecule has 3 heteroatoms. The summed E-state index contributed by atoms with van der Waals surface area (Å²) >= 11 is 0. The minimum Gasteiger partial charge on any atom is -0.508 e. The van der Waals surface area contributed by atoms with Gasteiger partial charge in [-0.1, -0.05) is 0 Å². The fraction of sp³-hybridized carbons (Fsp3) is 0.533. The fourth-order valence-corrected chi connectivity index (χ4v) is 2.32. The molecule has 0 aromatic heterocycles. The first-order valence-electron chi connectivity index (χ1n) is 6.76. The summed E-state index contributed by atoms with van der Waals surface area (Å²) in [6.45, 7) is 2.75. The number of phenolic OH excluding ortho intramolecular Hbond substituents is 1. The fourth-order valence-electron chi connectivity index (χ4n) is 2.32. The third-order valence-corrected chi connectivity index (χ3v) is 3.84. The molecule has 0 atom stereocenters. The van der Waals surface area contributed by atoms with Crippen LogP contribution < -0.4 is 0 Å². The van der Waals surface area contributed by atoms with Crippen LogP contribution in [-0.4, -0.2) is 28.5 Å². The number of hydrogen-bond acceptors (Lipinski definition) is 2. The van der Waals surface area contributed by atoms with E-state index in [-0.39, 0.29) is 11.7 Å². The highest BCUT2D eigenvalue weighted by Crippen LogP contribution is 2.35. The first kappa shape index (κ1) is 11.6. The van der Waals surface area contributed by atoms with E-state index in [1.54, 1.807) is 18.2 Å². The quantitative estimate of drug-likeness (QED) is 0.886. The molecule has 2 aliphatic carbocycles. The molecule has 0 radical (unpaired) electrons. The molecule has 1 amide bonds. The molecule has 3 nitrogen and oxygen atoms in total. The van der Waals surface area contributed by atoms with Crippen molar-refractivity contribution in [3.63, 3.8) is 0 Å². The molecule has 1 N–H and O–H groups in total. The molecule has 0 unspecified atom stereocenters. The molecule has 0 aliphatic heterocycles. The zero-order valence-corrected chi connectivity index (χ0v) is 10.7. The van der Waals surface area contributed by atoms with E-state index in [4.69, 9.17) is 0 Å². The summed E-state index contributed by atoms with van der Waals surface area (Å²) in [6, 6.07) is 5.60. The maximum atomic E-state index is 12.5. The third-order valence-electron chi connectivity index (χ3n) is 3.84. The van der Waals surface area contributed by atoms with Crippen molar-refractivity contribution < 1.29 is 9.90 Å². The number of benzene rings is 1. The first-order chi connectivity index (χ1) is 8.65. The highest BCUT2D eigenvalue weighted by molar-refractivity contribution is 5.95. The minimum atomic E-state index is 0.132. The van der Waals surface area contributed by atoms with Gasteiger partial charge in [-0.05, 0) is 62.3 Å². The smallest absolute Gasteiger partial charge is 0.254 e. The van der Waals surface area contributed by atoms with E-state index in [0.29, 0.717) is 11.6 Å². The SMILES string of the molecule is Cc1cc(C(=O)N(CC2CC2)C2CC2)ccc1O. The first-order valence-corrected chi connectivity index (χ1v) is 6.76. The summed E-state index contributed by atoms with van der Waals surface area (Å²) in [5, 5.41) is 9.52. The predicted molar refractivity (Wildman–Crippen MR) is 69.6 cm³/mol. The standard InChI is InChI=1S/C15H19NO2/c1-10-8-12(4-7-14(10)17)15(18)16(13-5-6-13)9-11-2-3-11/h4,7-8,11,13,17H,2-3,5-6,9H2,1H3. The van der Waals surface area contributed by atoms with E-state index < -0.39 is 0 Å². The van der Waals surface area contributed by atoms with Gasteiger partial charge < -0.3 is 10.0 Å². The van der Waals surface area contributed by atoms with Gasteiger partial charge in [0.1, 0.15) is 5.75 Å². The van der Waals surface area contributed by atoms with Gasteiger partial charge in [-0.3, -0.25) is 4.79 Å². The predicted octanol–water partition coefficient (Wildman–Crippen LogP) is 2.72. The Morgan fingerprint density at radius 2 is 2.06 bits per heavy atom. The summed E-state index contributed by atoms with van der Waals surface area (Å²) in [5.74, 6) is 1.12. The third kappa shape index (κ3) is 2.35. The molecule has 0 bridgehead atoms. The molecule has 1 aromatic rings. The van der Waals surface area contributed by atoms with Gasteiger partial charge in [-0.15, -0.1) is 0 Å². The molecule has 2 fully saturated rings. The van der Waals surface area contributed by atoms with E-state index in [2.05, 4.69) is 0 Å². The van der Waals surface area contributed by atoms with Gasteiger partial charge in [0.25, 0.3) is 5.91 Å². The van der Waals surface area contributed by atoms with Crippen LogP contribution in [0.3, 0.4) is 0 Å². The van der Waals surface area contributed by atoms with Crippen LogP contribution >= 0.6 is 0 Å². The van der Waals surface area contributed by atoms with Crippen molar-refractivity contribution >= 4 is 5.91 Å². The van der Waals surface area contributed by atoms with Crippen LogP contribution in [0.5, 0.6) is 5.75 Å². The Labute approximate surface area is 107 Å². The lowest BCUT2D eigenvalue weighted by molar-refractivity contribution is 0.0734. The van der Waals surface area contributed by atoms with Crippen molar-refractivity contribution in [2.24, 2.45) is 5.92 Å². The molecular weight excluding hydrogens is 226 g/mol. The molecule has 0 spiro atoms. The number of aromatic hydroxyl groups is 1. The number of phenols is 1. The van der Waals surface area contributed by atoms with Crippen LogP contribution in [0.1, 0.15) is 41.6 Å². The number of carbonyl (C=O) groups excluding carboxylic acids is 1. The number of nitrogens with zero attached hydrogens (tertiary/aromatic N) is 1. The second-order valence-electron chi connectivity index (χ2n) is 5.63. The largest absolute Gasteiger partial charge is 0.508 e. The van der Waals surface area contributed by atoms with Crippen molar-refractivity contribution in [3.8, 4) is 5.75 Å². The lowest BCUT2D eigenvalue weighted by Crippen LogP contribution is -2.34. The summed E-state index contributed by atoms with van der Waals surface area (Å²) in [7, 11) is 0.